The Bertz CT molecular complexity index is 838. The molecule has 2 aromatic carbocycles. The lowest BCUT2D eigenvalue weighted by Gasteiger charge is -2.11. The second kappa shape index (κ2) is 4.97. The van der Waals surface area contributed by atoms with Crippen LogP contribution in [0.3, 0.4) is 0 Å². The molecule has 0 aliphatic carbocycles. The van der Waals surface area contributed by atoms with Crippen molar-refractivity contribution in [1.82, 2.24) is 4.57 Å². The van der Waals surface area contributed by atoms with E-state index in [0.717, 1.165) is 45.3 Å². The molecule has 2 heterocycles. The number of hydrogen-bond donors (Lipinski definition) is 0. The molecule has 4 heteroatoms. The first-order valence-electron chi connectivity index (χ1n) is 6.90. The van der Waals surface area contributed by atoms with E-state index >= 15 is 0 Å². The molecule has 0 amide bonds. The van der Waals surface area contributed by atoms with Gasteiger partial charge in [0.25, 0.3) is 0 Å². The summed E-state index contributed by atoms with van der Waals surface area (Å²) in [5.41, 5.74) is 3.35. The number of fused-ring (bicyclic) bond motifs is 2. The van der Waals surface area contributed by atoms with E-state index in [-0.39, 0.29) is 0 Å². The lowest BCUT2D eigenvalue weighted by molar-refractivity contribution is 0.353. The topological polar surface area (TPSA) is 14.2 Å². The zero-order valence-electron chi connectivity index (χ0n) is 11.3. The van der Waals surface area contributed by atoms with Crippen LogP contribution in [0.1, 0.15) is 11.1 Å². The van der Waals surface area contributed by atoms with Gasteiger partial charge in [0, 0.05) is 28.6 Å². The Morgan fingerprint density at radius 3 is 2.95 bits per heavy atom. The van der Waals surface area contributed by atoms with Crippen molar-refractivity contribution in [2.24, 2.45) is 0 Å². The van der Waals surface area contributed by atoms with Crippen molar-refractivity contribution in [2.75, 3.05) is 6.61 Å². The summed E-state index contributed by atoms with van der Waals surface area (Å²) in [7, 11) is 0. The van der Waals surface area contributed by atoms with E-state index in [1.165, 1.54) is 5.56 Å². The molecule has 0 radical (unpaired) electrons. The number of halogens is 2. The fraction of sp³-hybridized carbons (Fsp3) is 0.176. The van der Waals surface area contributed by atoms with Gasteiger partial charge in [-0.05, 0) is 29.8 Å². The Balaban J connectivity index is 1.83. The molecule has 0 saturated heterocycles. The lowest BCUT2D eigenvalue weighted by atomic mass is 10.1. The van der Waals surface area contributed by atoms with Crippen LogP contribution in [0, 0.1) is 0 Å². The normalized spacial score (nSPS) is 13.4. The molecule has 2 nitrogen and oxygen atoms in total. The molecule has 0 unspecified atom stereocenters. The SMILES string of the molecule is Clc1cc2c(c(Cn3ccc4cccc(Cl)c43)c1)OCC2. The number of benzene rings is 2. The first kappa shape index (κ1) is 13.1. The van der Waals surface area contributed by atoms with E-state index in [4.69, 9.17) is 27.9 Å². The Morgan fingerprint density at radius 1 is 1.14 bits per heavy atom. The standard InChI is InChI=1S/C17H13Cl2NO/c18-14-8-12-5-7-21-17(12)13(9-14)10-20-6-4-11-2-1-3-15(19)16(11)20/h1-4,6,8-9H,5,7,10H2. The van der Waals surface area contributed by atoms with Crippen LogP contribution >= 0.6 is 23.2 Å². The Labute approximate surface area is 132 Å². The molecule has 4 rings (SSSR count). The van der Waals surface area contributed by atoms with Gasteiger partial charge in [0.2, 0.25) is 0 Å². The summed E-state index contributed by atoms with van der Waals surface area (Å²) < 4.78 is 7.91. The molecule has 1 aliphatic heterocycles. The highest BCUT2D eigenvalue weighted by molar-refractivity contribution is 6.35. The molecule has 1 aliphatic rings. The monoisotopic (exact) mass is 317 g/mol. The molecule has 0 atom stereocenters. The quantitative estimate of drug-likeness (QED) is 0.653. The van der Waals surface area contributed by atoms with E-state index in [1.54, 1.807) is 0 Å². The second-order valence-electron chi connectivity index (χ2n) is 5.27. The Hall–Kier alpha value is -1.64. The predicted molar refractivity (Wildman–Crippen MR) is 86.7 cm³/mol. The zero-order valence-corrected chi connectivity index (χ0v) is 12.8. The molecular weight excluding hydrogens is 305 g/mol. The maximum Gasteiger partial charge on any atom is 0.127 e. The number of aromatic nitrogens is 1. The Kier molecular flexibility index (Phi) is 3.09. The third kappa shape index (κ3) is 2.19. The van der Waals surface area contributed by atoms with Crippen LogP contribution in [0.2, 0.25) is 10.0 Å². The largest absolute Gasteiger partial charge is 0.493 e. The van der Waals surface area contributed by atoms with E-state index in [1.807, 2.05) is 24.3 Å². The molecule has 0 fully saturated rings. The van der Waals surface area contributed by atoms with Gasteiger partial charge in [-0.15, -0.1) is 0 Å². The predicted octanol–water partition coefficient (Wildman–Crippen LogP) is 4.93. The van der Waals surface area contributed by atoms with E-state index in [0.29, 0.717) is 6.54 Å². The van der Waals surface area contributed by atoms with Gasteiger partial charge in [0.15, 0.2) is 0 Å². The van der Waals surface area contributed by atoms with Crippen molar-refractivity contribution < 1.29 is 4.74 Å². The van der Waals surface area contributed by atoms with Gasteiger partial charge in [-0.25, -0.2) is 0 Å². The molecule has 0 bridgehead atoms. The third-order valence-electron chi connectivity index (χ3n) is 3.91. The molecule has 0 N–H and O–H groups in total. The van der Waals surface area contributed by atoms with Gasteiger partial charge in [-0.2, -0.15) is 0 Å². The number of nitrogens with zero attached hydrogens (tertiary/aromatic N) is 1. The van der Waals surface area contributed by atoms with Crippen molar-refractivity contribution in [3.8, 4) is 5.75 Å². The van der Waals surface area contributed by atoms with Gasteiger partial charge in [-0.1, -0.05) is 35.3 Å². The van der Waals surface area contributed by atoms with Crippen molar-refractivity contribution in [3.05, 3.63) is 63.8 Å². The van der Waals surface area contributed by atoms with Crippen LogP contribution < -0.4 is 4.74 Å². The molecule has 3 aromatic rings. The van der Waals surface area contributed by atoms with Crippen molar-refractivity contribution in [1.29, 1.82) is 0 Å². The highest BCUT2D eigenvalue weighted by atomic mass is 35.5. The van der Waals surface area contributed by atoms with Crippen LogP contribution in [0.25, 0.3) is 10.9 Å². The van der Waals surface area contributed by atoms with Crippen molar-refractivity contribution in [3.63, 3.8) is 0 Å². The first-order valence-corrected chi connectivity index (χ1v) is 7.65. The molecule has 21 heavy (non-hydrogen) atoms. The van der Waals surface area contributed by atoms with Gasteiger partial charge in [0.05, 0.1) is 23.7 Å². The van der Waals surface area contributed by atoms with Crippen LogP contribution in [0.4, 0.5) is 0 Å². The molecular formula is C17H13Cl2NO. The summed E-state index contributed by atoms with van der Waals surface area (Å²) >= 11 is 12.6. The Morgan fingerprint density at radius 2 is 2.05 bits per heavy atom. The summed E-state index contributed by atoms with van der Waals surface area (Å²) in [6, 6.07) is 12.0. The van der Waals surface area contributed by atoms with Crippen LogP contribution in [-0.2, 0) is 13.0 Å². The minimum absolute atomic E-state index is 0.704. The van der Waals surface area contributed by atoms with Gasteiger partial charge in [-0.3, -0.25) is 0 Å². The average molecular weight is 318 g/mol. The second-order valence-corrected chi connectivity index (χ2v) is 6.12. The third-order valence-corrected chi connectivity index (χ3v) is 4.43. The van der Waals surface area contributed by atoms with E-state index in [9.17, 15) is 0 Å². The maximum absolute atomic E-state index is 6.34. The number of rotatable bonds is 2. The van der Waals surface area contributed by atoms with Gasteiger partial charge >= 0.3 is 0 Å². The summed E-state index contributed by atoms with van der Waals surface area (Å²) in [4.78, 5) is 0. The summed E-state index contributed by atoms with van der Waals surface area (Å²) in [6.45, 7) is 1.44. The summed E-state index contributed by atoms with van der Waals surface area (Å²) in [5, 5.41) is 2.66. The molecule has 0 spiro atoms. The number of ether oxygens (including phenoxy) is 1. The maximum atomic E-state index is 6.34. The van der Waals surface area contributed by atoms with Crippen LogP contribution in [0.15, 0.2) is 42.6 Å². The first-order chi connectivity index (χ1) is 10.2. The summed E-state index contributed by atoms with van der Waals surface area (Å²) in [5.74, 6) is 0.980. The smallest absolute Gasteiger partial charge is 0.127 e. The highest BCUT2D eigenvalue weighted by Gasteiger charge is 2.18. The fourth-order valence-electron chi connectivity index (χ4n) is 2.99. The lowest BCUT2D eigenvalue weighted by Crippen LogP contribution is -2.01. The fourth-order valence-corrected chi connectivity index (χ4v) is 3.55. The van der Waals surface area contributed by atoms with E-state index in [2.05, 4.69) is 22.9 Å². The molecule has 106 valence electrons. The molecule has 0 saturated carbocycles. The number of hydrogen-bond acceptors (Lipinski definition) is 1. The highest BCUT2D eigenvalue weighted by Crippen LogP contribution is 2.34. The minimum atomic E-state index is 0.704. The van der Waals surface area contributed by atoms with Crippen LogP contribution in [-0.4, -0.2) is 11.2 Å². The van der Waals surface area contributed by atoms with Crippen LogP contribution in [0.5, 0.6) is 5.75 Å². The summed E-state index contributed by atoms with van der Waals surface area (Å²) in [6.07, 6.45) is 2.98. The zero-order chi connectivity index (χ0) is 14.4. The van der Waals surface area contributed by atoms with Crippen molar-refractivity contribution >= 4 is 34.1 Å². The minimum Gasteiger partial charge on any atom is -0.493 e. The van der Waals surface area contributed by atoms with Gasteiger partial charge in [0.1, 0.15) is 5.75 Å². The molecule has 1 aromatic heterocycles. The average Bonchev–Trinajstić information content (AvgIpc) is 3.06. The van der Waals surface area contributed by atoms with E-state index < -0.39 is 0 Å². The van der Waals surface area contributed by atoms with Gasteiger partial charge < -0.3 is 9.30 Å². The van der Waals surface area contributed by atoms with Crippen molar-refractivity contribution in [2.45, 2.75) is 13.0 Å². The number of para-hydroxylation sites is 1.